The highest BCUT2D eigenvalue weighted by Crippen LogP contribution is 2.27. The van der Waals surface area contributed by atoms with E-state index in [0.29, 0.717) is 15.6 Å². The van der Waals surface area contributed by atoms with Gasteiger partial charge in [0.1, 0.15) is 5.82 Å². The van der Waals surface area contributed by atoms with Crippen LogP contribution in [-0.2, 0) is 10.0 Å². The van der Waals surface area contributed by atoms with Crippen LogP contribution in [0, 0.1) is 5.82 Å². The van der Waals surface area contributed by atoms with Gasteiger partial charge in [0.05, 0.1) is 4.90 Å². The molecule has 2 aromatic rings. The number of hydrogen-bond acceptors (Lipinski definition) is 2. The lowest BCUT2D eigenvalue weighted by molar-refractivity contribution is 0.566. The van der Waals surface area contributed by atoms with Gasteiger partial charge in [-0.3, -0.25) is 0 Å². The molecule has 7 heteroatoms. The molecule has 0 unspecified atom stereocenters. The molecule has 3 nitrogen and oxygen atoms in total. The van der Waals surface area contributed by atoms with E-state index < -0.39 is 21.9 Å². The molecule has 0 saturated carbocycles. The van der Waals surface area contributed by atoms with E-state index in [1.807, 2.05) is 0 Å². The average Bonchev–Trinajstić information content (AvgIpc) is 2.38. The molecule has 0 spiro atoms. The molecular formula is C14H12Cl2FNO2S. The summed E-state index contributed by atoms with van der Waals surface area (Å²) in [5, 5.41) is 0.842. The normalized spacial score (nSPS) is 13.1. The minimum atomic E-state index is -3.76. The van der Waals surface area contributed by atoms with Crippen molar-refractivity contribution in [2.24, 2.45) is 0 Å². The summed E-state index contributed by atoms with van der Waals surface area (Å²) < 4.78 is 39.7. The Morgan fingerprint density at radius 1 is 1.10 bits per heavy atom. The van der Waals surface area contributed by atoms with E-state index in [1.54, 1.807) is 25.1 Å². The molecule has 112 valence electrons. The highest BCUT2D eigenvalue weighted by Gasteiger charge is 2.19. The second-order valence-corrected chi connectivity index (χ2v) is 7.02. The molecular weight excluding hydrogens is 336 g/mol. The molecule has 0 aromatic heterocycles. The van der Waals surface area contributed by atoms with Gasteiger partial charge in [-0.2, -0.15) is 0 Å². The molecule has 21 heavy (non-hydrogen) atoms. The Morgan fingerprint density at radius 3 is 2.29 bits per heavy atom. The first-order valence-electron chi connectivity index (χ1n) is 6.02. The third kappa shape index (κ3) is 3.95. The van der Waals surface area contributed by atoms with Crippen LogP contribution in [0.2, 0.25) is 10.0 Å². The summed E-state index contributed by atoms with van der Waals surface area (Å²) in [6, 6.07) is 8.87. The van der Waals surface area contributed by atoms with E-state index in [2.05, 4.69) is 4.72 Å². The minimum absolute atomic E-state index is 0.0131. The third-order valence-corrected chi connectivity index (χ3v) is 5.00. The highest BCUT2D eigenvalue weighted by molar-refractivity contribution is 7.89. The zero-order valence-electron chi connectivity index (χ0n) is 11.0. The van der Waals surface area contributed by atoms with Gasteiger partial charge in [-0.25, -0.2) is 17.5 Å². The van der Waals surface area contributed by atoms with Crippen LogP contribution in [0.3, 0.4) is 0 Å². The van der Waals surface area contributed by atoms with Crippen LogP contribution in [0.4, 0.5) is 4.39 Å². The van der Waals surface area contributed by atoms with Crippen molar-refractivity contribution >= 4 is 33.2 Å². The van der Waals surface area contributed by atoms with Crippen molar-refractivity contribution in [3.05, 3.63) is 63.9 Å². The molecule has 0 aliphatic heterocycles. The van der Waals surface area contributed by atoms with E-state index in [-0.39, 0.29) is 4.90 Å². The van der Waals surface area contributed by atoms with Gasteiger partial charge in [0.15, 0.2) is 0 Å². The first kappa shape index (κ1) is 16.2. The lowest BCUT2D eigenvalue weighted by Gasteiger charge is -2.16. The van der Waals surface area contributed by atoms with E-state index in [9.17, 15) is 12.8 Å². The van der Waals surface area contributed by atoms with E-state index in [0.717, 1.165) is 12.1 Å². The molecule has 0 bridgehead atoms. The Hall–Kier alpha value is -1.14. The first-order valence-corrected chi connectivity index (χ1v) is 8.26. The van der Waals surface area contributed by atoms with Crippen LogP contribution >= 0.6 is 23.2 Å². The summed E-state index contributed by atoms with van der Waals surface area (Å²) >= 11 is 11.9. The van der Waals surface area contributed by atoms with Crippen LogP contribution in [0.1, 0.15) is 18.5 Å². The lowest BCUT2D eigenvalue weighted by Crippen LogP contribution is -2.27. The minimum Gasteiger partial charge on any atom is -0.207 e. The molecule has 1 N–H and O–H groups in total. The Balaban J connectivity index is 2.25. The fourth-order valence-electron chi connectivity index (χ4n) is 1.83. The van der Waals surface area contributed by atoms with Crippen LogP contribution in [0.15, 0.2) is 47.4 Å². The number of rotatable bonds is 4. The van der Waals surface area contributed by atoms with Crippen molar-refractivity contribution in [2.45, 2.75) is 17.9 Å². The van der Waals surface area contributed by atoms with Gasteiger partial charge < -0.3 is 0 Å². The van der Waals surface area contributed by atoms with Gasteiger partial charge in [-0.15, -0.1) is 0 Å². The largest absolute Gasteiger partial charge is 0.241 e. The van der Waals surface area contributed by atoms with Crippen molar-refractivity contribution < 1.29 is 12.8 Å². The second kappa shape index (κ2) is 6.32. The van der Waals surface area contributed by atoms with Gasteiger partial charge in [0, 0.05) is 16.1 Å². The van der Waals surface area contributed by atoms with Crippen molar-refractivity contribution in [2.75, 3.05) is 0 Å². The second-order valence-electron chi connectivity index (χ2n) is 4.46. The first-order chi connectivity index (χ1) is 9.79. The molecule has 0 saturated heterocycles. The van der Waals surface area contributed by atoms with E-state index in [4.69, 9.17) is 23.2 Å². The van der Waals surface area contributed by atoms with Crippen molar-refractivity contribution in [1.29, 1.82) is 0 Å². The number of sulfonamides is 1. The van der Waals surface area contributed by atoms with Gasteiger partial charge in [-0.05, 0) is 48.9 Å². The summed E-state index contributed by atoms with van der Waals surface area (Å²) in [4.78, 5) is -0.0131. The van der Waals surface area contributed by atoms with Crippen LogP contribution in [0.5, 0.6) is 0 Å². The predicted octanol–water partition coefficient (Wildman–Crippen LogP) is 4.17. The van der Waals surface area contributed by atoms with Crippen molar-refractivity contribution in [3.8, 4) is 0 Å². The smallest absolute Gasteiger partial charge is 0.207 e. The maximum Gasteiger partial charge on any atom is 0.241 e. The van der Waals surface area contributed by atoms with Gasteiger partial charge >= 0.3 is 0 Å². The summed E-state index contributed by atoms with van der Waals surface area (Å²) in [6.07, 6.45) is 0. The maximum absolute atomic E-state index is 12.8. The van der Waals surface area contributed by atoms with Crippen molar-refractivity contribution in [3.63, 3.8) is 0 Å². The van der Waals surface area contributed by atoms with Crippen LogP contribution in [0.25, 0.3) is 0 Å². The molecule has 2 aromatic carbocycles. The van der Waals surface area contributed by atoms with Gasteiger partial charge in [0.25, 0.3) is 0 Å². The Morgan fingerprint density at radius 2 is 1.71 bits per heavy atom. The predicted molar refractivity (Wildman–Crippen MR) is 81.6 cm³/mol. The Kier molecular flexibility index (Phi) is 4.88. The fourth-order valence-corrected chi connectivity index (χ4v) is 3.63. The van der Waals surface area contributed by atoms with Crippen LogP contribution in [-0.4, -0.2) is 8.42 Å². The zero-order valence-corrected chi connectivity index (χ0v) is 13.3. The molecule has 0 aliphatic rings. The number of nitrogens with one attached hydrogen (secondary N) is 1. The average molecular weight is 348 g/mol. The summed E-state index contributed by atoms with van der Waals surface area (Å²) in [7, 11) is -3.76. The maximum atomic E-state index is 12.8. The fraction of sp³-hybridized carbons (Fsp3) is 0.143. The lowest BCUT2D eigenvalue weighted by atomic mass is 10.1. The standard InChI is InChI=1S/C14H12Cl2FNO2S/c1-9(13-7-2-10(15)8-14(13)16)18-21(19,20)12-5-3-11(17)4-6-12/h2-9,18H,1H3/t9-/m0/s1. The number of benzene rings is 2. The third-order valence-electron chi connectivity index (χ3n) is 2.88. The molecule has 0 amide bonds. The summed E-state index contributed by atoms with van der Waals surface area (Å²) in [5.41, 5.74) is 0.603. The number of halogens is 3. The van der Waals surface area contributed by atoms with Gasteiger partial charge in [-0.1, -0.05) is 29.3 Å². The van der Waals surface area contributed by atoms with Crippen LogP contribution < -0.4 is 4.72 Å². The number of hydrogen-bond donors (Lipinski definition) is 1. The molecule has 0 radical (unpaired) electrons. The van der Waals surface area contributed by atoms with E-state index in [1.165, 1.54) is 12.1 Å². The SMILES string of the molecule is C[C@H](NS(=O)(=O)c1ccc(F)cc1)c1ccc(Cl)cc1Cl. The molecule has 0 aliphatic carbocycles. The molecule has 1 atom stereocenters. The van der Waals surface area contributed by atoms with Gasteiger partial charge in [0.2, 0.25) is 10.0 Å². The highest BCUT2D eigenvalue weighted by atomic mass is 35.5. The summed E-state index contributed by atoms with van der Waals surface area (Å²) in [5.74, 6) is -0.497. The molecule has 0 fully saturated rings. The summed E-state index contributed by atoms with van der Waals surface area (Å²) in [6.45, 7) is 1.66. The van der Waals surface area contributed by atoms with E-state index >= 15 is 0 Å². The topological polar surface area (TPSA) is 46.2 Å². The Labute approximate surface area is 132 Å². The Bertz CT molecular complexity index is 748. The monoisotopic (exact) mass is 347 g/mol. The quantitative estimate of drug-likeness (QED) is 0.901. The molecule has 0 heterocycles. The molecule has 2 rings (SSSR count). The zero-order chi connectivity index (χ0) is 15.6. The van der Waals surface area contributed by atoms with Crippen molar-refractivity contribution in [1.82, 2.24) is 4.72 Å².